The molecular weight excluding hydrogens is 1020 g/mol. The first-order valence-corrected chi connectivity index (χ1v) is 20.3. The van der Waals surface area contributed by atoms with Crippen LogP contribution in [0.1, 0.15) is 27.8 Å². The summed E-state index contributed by atoms with van der Waals surface area (Å²) in [5.41, 5.74) is 8.23. The first kappa shape index (κ1) is 51.7. The molecule has 2 aromatic heterocycles. The SMILES string of the molecule is CN1C(=O)C(c2ccc(OC(F)(F)F)c(F)c2)(c2ccc(F)c(-c3cncc(F)c3)c2)N=C1N.CN1C(=O)C(c2ccc(OC(F)(F)F)c(F)c2)(c2ccc(F)c(Br)c2)N=C1N.Cc1cncc(F)c1. The van der Waals surface area contributed by atoms with Crippen LogP contribution in [0.5, 0.6) is 11.5 Å². The third kappa shape index (κ3) is 10.8. The summed E-state index contributed by atoms with van der Waals surface area (Å²) in [5, 5.41) is 0. The third-order valence-corrected chi connectivity index (χ3v) is 10.8. The van der Waals surface area contributed by atoms with Crippen LogP contribution in [0.15, 0.2) is 124 Å². The monoisotopic (exact) mass is 1050 g/mol. The van der Waals surface area contributed by atoms with Crippen LogP contribution >= 0.6 is 15.9 Å². The number of benzene rings is 4. The molecule has 4 aromatic carbocycles. The van der Waals surface area contributed by atoms with Crippen molar-refractivity contribution in [1.82, 2.24) is 19.8 Å². The molecule has 4 N–H and O–H groups in total. The standard InChI is InChI=1S/C22H14F6N4O2.C17H11BrF5N3O2.C6H6FN/c1-32-19(33)21(31-20(32)29,13-3-5-18(17(25)8-13)34-22(26,27)28)12-2-4-16(24)15(7-12)11-6-14(23)10-30-9-11;1-26-14(27)16(25-15(26)24,8-2-4-11(19)10(18)6-8)9-3-5-13(12(20)7-9)28-17(21,22)23;1-5-2-6(7)4-8-3-5/h2-10H,1H3,(H2,29,31);2-7H,1H3,(H2,24,25);2-4H,1H3. The molecule has 0 saturated carbocycles. The molecule has 2 aliphatic heterocycles. The molecule has 12 nitrogen and oxygen atoms in total. The molecular formula is C45H31BrF12N8O4. The van der Waals surface area contributed by atoms with Gasteiger partial charge in [0, 0.05) is 37.6 Å². The van der Waals surface area contributed by atoms with E-state index in [1.807, 2.05) is 0 Å². The second kappa shape index (κ2) is 19.7. The molecule has 2 aliphatic rings. The number of amides is 2. The second-order valence-electron chi connectivity index (χ2n) is 14.9. The first-order valence-electron chi connectivity index (χ1n) is 19.5. The molecule has 4 heterocycles. The Balaban J connectivity index is 0.000000200. The maximum Gasteiger partial charge on any atom is 0.573 e. The zero-order valence-corrected chi connectivity index (χ0v) is 37.4. The van der Waals surface area contributed by atoms with Crippen molar-refractivity contribution < 1.29 is 71.7 Å². The summed E-state index contributed by atoms with van der Waals surface area (Å²) in [5.74, 6) is -9.28. The number of aryl methyl sites for hydroxylation is 1. The summed E-state index contributed by atoms with van der Waals surface area (Å²) in [4.78, 5) is 43.8. The van der Waals surface area contributed by atoms with Gasteiger partial charge in [-0.15, -0.1) is 26.3 Å². The van der Waals surface area contributed by atoms with Gasteiger partial charge < -0.3 is 20.9 Å². The Morgan fingerprint density at radius 3 is 1.33 bits per heavy atom. The number of pyridine rings is 2. The molecule has 0 aliphatic carbocycles. The third-order valence-electron chi connectivity index (χ3n) is 10.2. The number of halogens is 13. The molecule has 2 unspecified atom stereocenters. The van der Waals surface area contributed by atoms with Crippen LogP contribution < -0.4 is 20.9 Å². The van der Waals surface area contributed by atoms with Crippen molar-refractivity contribution in [3.8, 4) is 22.6 Å². The number of nitrogens with zero attached hydrogens (tertiary/aromatic N) is 6. The van der Waals surface area contributed by atoms with E-state index in [2.05, 4.69) is 45.4 Å². The number of carbonyl (C=O) groups excluding carboxylic acids is 2. The number of guanidine groups is 2. The highest BCUT2D eigenvalue weighted by Gasteiger charge is 2.51. The van der Waals surface area contributed by atoms with E-state index in [1.54, 1.807) is 13.1 Å². The summed E-state index contributed by atoms with van der Waals surface area (Å²) in [6.45, 7) is 1.80. The Morgan fingerprint density at radius 1 is 0.543 bits per heavy atom. The molecule has 25 heteroatoms. The molecule has 2 atom stereocenters. The molecule has 366 valence electrons. The fraction of sp³-hybridized carbons (Fsp3) is 0.156. The molecule has 0 radical (unpaired) electrons. The number of ether oxygens (including phenoxy) is 2. The van der Waals surface area contributed by atoms with Gasteiger partial charge in [0.25, 0.3) is 11.8 Å². The smallest absolute Gasteiger partial charge is 0.403 e. The minimum atomic E-state index is -5.14. The van der Waals surface area contributed by atoms with Gasteiger partial charge in [0.05, 0.1) is 16.9 Å². The topological polar surface area (TPSA) is 162 Å². The number of rotatable bonds is 7. The number of hydrogen-bond acceptors (Lipinski definition) is 10. The normalized spacial score (nSPS) is 17.8. The Kier molecular flexibility index (Phi) is 14.6. The van der Waals surface area contributed by atoms with Gasteiger partial charge in [-0.3, -0.25) is 29.4 Å². The zero-order valence-electron chi connectivity index (χ0n) is 35.8. The van der Waals surface area contributed by atoms with Crippen LogP contribution in [0.25, 0.3) is 11.1 Å². The van der Waals surface area contributed by atoms with E-state index < -0.39 is 76.2 Å². The fourth-order valence-electron chi connectivity index (χ4n) is 7.00. The van der Waals surface area contributed by atoms with Crippen molar-refractivity contribution >= 4 is 39.7 Å². The molecule has 2 amide bonds. The molecule has 6 aromatic rings. The molecule has 0 fully saturated rings. The maximum absolute atomic E-state index is 14.6. The van der Waals surface area contributed by atoms with E-state index in [-0.39, 0.29) is 55.6 Å². The fourth-order valence-corrected chi connectivity index (χ4v) is 7.38. The number of likely N-dealkylation sites (N-methyl/N-ethyl adjacent to an activating group) is 2. The average Bonchev–Trinajstić information content (AvgIpc) is 3.65. The van der Waals surface area contributed by atoms with Gasteiger partial charge in [0.15, 0.2) is 46.1 Å². The lowest BCUT2D eigenvalue weighted by molar-refractivity contribution is -0.276. The number of aliphatic imine (C=N–C) groups is 2. The Bertz CT molecular complexity index is 3050. The number of hydrogen-bond donors (Lipinski definition) is 2. The second-order valence-corrected chi connectivity index (χ2v) is 15.7. The van der Waals surface area contributed by atoms with Crippen molar-refractivity contribution in [2.45, 2.75) is 30.7 Å². The maximum atomic E-state index is 14.6. The minimum Gasteiger partial charge on any atom is -0.403 e. The van der Waals surface area contributed by atoms with Gasteiger partial charge in [0.1, 0.15) is 23.3 Å². The quantitative estimate of drug-likeness (QED) is 0.150. The zero-order chi connectivity index (χ0) is 51.7. The highest BCUT2D eigenvalue weighted by molar-refractivity contribution is 9.10. The van der Waals surface area contributed by atoms with E-state index in [0.29, 0.717) is 18.2 Å². The van der Waals surface area contributed by atoms with Crippen molar-refractivity contribution in [2.75, 3.05) is 14.1 Å². The lowest BCUT2D eigenvalue weighted by Gasteiger charge is -2.27. The van der Waals surface area contributed by atoms with Crippen LogP contribution in [-0.4, -0.2) is 70.3 Å². The summed E-state index contributed by atoms with van der Waals surface area (Å²) in [6, 6.07) is 14.3. The highest BCUT2D eigenvalue weighted by atomic mass is 79.9. The molecule has 8 rings (SSSR count). The van der Waals surface area contributed by atoms with E-state index in [4.69, 9.17) is 11.5 Å². The summed E-state index contributed by atoms with van der Waals surface area (Å²) >= 11 is 3.00. The summed E-state index contributed by atoms with van der Waals surface area (Å²) in [6.07, 6.45) is -5.32. The van der Waals surface area contributed by atoms with Crippen LogP contribution in [0, 0.1) is 41.8 Å². The summed E-state index contributed by atoms with van der Waals surface area (Å²) < 4.78 is 165. The van der Waals surface area contributed by atoms with Gasteiger partial charge in [-0.2, -0.15) is 0 Å². The van der Waals surface area contributed by atoms with Gasteiger partial charge in [-0.05, 0) is 111 Å². The van der Waals surface area contributed by atoms with Crippen molar-refractivity contribution in [1.29, 1.82) is 0 Å². The molecule has 70 heavy (non-hydrogen) atoms. The first-order chi connectivity index (χ1) is 32.7. The number of nitrogens with two attached hydrogens (primary N) is 2. The molecule has 0 spiro atoms. The average molecular weight is 1060 g/mol. The molecule has 0 bridgehead atoms. The van der Waals surface area contributed by atoms with Gasteiger partial charge in [-0.1, -0.05) is 24.3 Å². The Hall–Kier alpha value is -7.70. The van der Waals surface area contributed by atoms with Crippen LogP contribution in [0.2, 0.25) is 0 Å². The molecule has 0 saturated heterocycles. The number of aromatic nitrogens is 2. The lowest BCUT2D eigenvalue weighted by Crippen LogP contribution is -2.41. The van der Waals surface area contributed by atoms with E-state index in [9.17, 15) is 62.3 Å². The number of alkyl halides is 6. The highest BCUT2D eigenvalue weighted by Crippen LogP contribution is 2.44. The predicted molar refractivity (Wildman–Crippen MR) is 229 cm³/mol. The van der Waals surface area contributed by atoms with Crippen molar-refractivity contribution in [2.24, 2.45) is 21.5 Å². The Morgan fingerprint density at radius 2 is 0.957 bits per heavy atom. The van der Waals surface area contributed by atoms with Crippen molar-refractivity contribution in [3.05, 3.63) is 177 Å². The van der Waals surface area contributed by atoms with Crippen molar-refractivity contribution in [3.63, 3.8) is 0 Å². The van der Waals surface area contributed by atoms with Crippen LogP contribution in [0.4, 0.5) is 52.7 Å². The summed E-state index contributed by atoms with van der Waals surface area (Å²) in [7, 11) is 2.63. The van der Waals surface area contributed by atoms with E-state index in [0.717, 1.165) is 58.0 Å². The van der Waals surface area contributed by atoms with Gasteiger partial charge >= 0.3 is 12.7 Å². The Labute approximate surface area is 396 Å². The van der Waals surface area contributed by atoms with Gasteiger partial charge in [-0.25, -0.2) is 36.3 Å². The van der Waals surface area contributed by atoms with E-state index >= 15 is 0 Å². The van der Waals surface area contributed by atoms with E-state index in [1.165, 1.54) is 56.8 Å². The number of carbonyl (C=O) groups is 2. The van der Waals surface area contributed by atoms with Crippen LogP contribution in [0.3, 0.4) is 0 Å². The predicted octanol–water partition coefficient (Wildman–Crippen LogP) is 9.28. The van der Waals surface area contributed by atoms with Gasteiger partial charge in [0.2, 0.25) is 0 Å². The van der Waals surface area contributed by atoms with Crippen LogP contribution in [-0.2, 0) is 20.7 Å². The lowest BCUT2D eigenvalue weighted by atomic mass is 9.81. The largest absolute Gasteiger partial charge is 0.573 e. The minimum absolute atomic E-state index is 0.00866.